The van der Waals surface area contributed by atoms with Crippen LogP contribution in [0.5, 0.6) is 0 Å². The fraction of sp³-hybridized carbons (Fsp3) is 0.500. The van der Waals surface area contributed by atoms with Gasteiger partial charge in [-0.05, 0) is 30.2 Å². The van der Waals surface area contributed by atoms with E-state index in [9.17, 15) is 5.11 Å². The van der Waals surface area contributed by atoms with E-state index in [2.05, 4.69) is 22.8 Å². The first kappa shape index (κ1) is 11.7. The van der Waals surface area contributed by atoms with Crippen LogP contribution in [0.3, 0.4) is 0 Å². The van der Waals surface area contributed by atoms with Gasteiger partial charge in [-0.25, -0.2) is 0 Å². The molecule has 1 aromatic carbocycles. The number of aliphatic hydroxyl groups excluding tert-OH is 1. The van der Waals surface area contributed by atoms with Crippen LogP contribution in [-0.4, -0.2) is 30.2 Å². The van der Waals surface area contributed by atoms with Crippen molar-refractivity contribution < 1.29 is 5.11 Å². The van der Waals surface area contributed by atoms with Crippen molar-refractivity contribution in [1.82, 2.24) is 5.32 Å². The average Bonchev–Trinajstić information content (AvgIpc) is 2.35. The van der Waals surface area contributed by atoms with Gasteiger partial charge in [0.05, 0.1) is 12.0 Å². The van der Waals surface area contributed by atoms with Gasteiger partial charge >= 0.3 is 0 Å². The molecule has 1 aliphatic rings. The fourth-order valence-corrected chi connectivity index (χ4v) is 2.09. The molecule has 0 saturated heterocycles. The lowest BCUT2D eigenvalue weighted by molar-refractivity contribution is 0.211. The van der Waals surface area contributed by atoms with E-state index in [1.807, 2.05) is 6.07 Å². The average molecular weight is 241 g/mol. The number of rotatable bonds is 4. The van der Waals surface area contributed by atoms with Crippen molar-refractivity contribution >= 4 is 17.3 Å². The zero-order chi connectivity index (χ0) is 11.4. The van der Waals surface area contributed by atoms with Crippen LogP contribution in [0, 0.1) is 0 Å². The Morgan fingerprint density at radius 1 is 1.50 bits per heavy atom. The van der Waals surface area contributed by atoms with Crippen LogP contribution >= 0.6 is 11.6 Å². The maximum atomic E-state index is 9.42. The zero-order valence-corrected chi connectivity index (χ0v) is 9.93. The number of alkyl halides is 1. The van der Waals surface area contributed by atoms with Gasteiger partial charge in [0, 0.05) is 18.8 Å². The van der Waals surface area contributed by atoms with Crippen LogP contribution in [-0.2, 0) is 13.0 Å². The highest BCUT2D eigenvalue weighted by Gasteiger charge is 2.12. The van der Waals surface area contributed by atoms with Crippen molar-refractivity contribution in [1.29, 1.82) is 0 Å². The molecular weight excluding hydrogens is 224 g/mol. The van der Waals surface area contributed by atoms with Gasteiger partial charge in [-0.2, -0.15) is 0 Å². The van der Waals surface area contributed by atoms with Crippen molar-refractivity contribution in [2.24, 2.45) is 0 Å². The van der Waals surface area contributed by atoms with Crippen molar-refractivity contribution in [3.8, 4) is 0 Å². The third-order valence-electron chi connectivity index (χ3n) is 2.85. The minimum absolute atomic E-state index is 0.267. The Kier molecular flexibility index (Phi) is 4.04. The van der Waals surface area contributed by atoms with E-state index in [1.165, 1.54) is 11.1 Å². The molecule has 0 bridgehead atoms. The Bertz CT molecular complexity index is 357. The SMILES string of the molecule is OC(CCl)CNc1cccc2c1CCNC2. The van der Waals surface area contributed by atoms with Gasteiger partial charge in [0.1, 0.15) is 0 Å². The number of hydrogen-bond donors (Lipinski definition) is 3. The molecule has 1 atom stereocenters. The third kappa shape index (κ3) is 2.67. The minimum Gasteiger partial charge on any atom is -0.390 e. The summed E-state index contributed by atoms with van der Waals surface area (Å²) < 4.78 is 0. The predicted octanol–water partition coefficient (Wildman–Crippen LogP) is 1.34. The Labute approximate surface area is 101 Å². The van der Waals surface area contributed by atoms with Gasteiger partial charge in [-0.1, -0.05) is 12.1 Å². The molecule has 2 rings (SSSR count). The third-order valence-corrected chi connectivity index (χ3v) is 3.20. The molecule has 0 aliphatic carbocycles. The Morgan fingerprint density at radius 3 is 3.19 bits per heavy atom. The summed E-state index contributed by atoms with van der Waals surface area (Å²) in [4.78, 5) is 0. The lowest BCUT2D eigenvalue weighted by Gasteiger charge is -2.21. The first-order valence-corrected chi connectivity index (χ1v) is 6.14. The summed E-state index contributed by atoms with van der Waals surface area (Å²) in [6, 6.07) is 6.25. The molecule has 4 heteroatoms. The van der Waals surface area contributed by atoms with Gasteiger partial charge in [0.25, 0.3) is 0 Å². The van der Waals surface area contributed by atoms with Crippen LogP contribution in [0.2, 0.25) is 0 Å². The number of nitrogens with one attached hydrogen (secondary N) is 2. The molecular formula is C12H17ClN2O. The van der Waals surface area contributed by atoms with Gasteiger partial charge in [0.15, 0.2) is 0 Å². The summed E-state index contributed by atoms with van der Waals surface area (Å²) in [6.07, 6.45) is 0.550. The standard InChI is InChI=1S/C12H17ClN2O/c13-6-10(16)8-15-12-3-1-2-9-7-14-5-4-11(9)12/h1-3,10,14-16H,4-8H2. The molecule has 0 aromatic heterocycles. The van der Waals surface area contributed by atoms with E-state index >= 15 is 0 Å². The first-order chi connectivity index (χ1) is 7.81. The van der Waals surface area contributed by atoms with Crippen molar-refractivity contribution in [2.45, 2.75) is 19.1 Å². The van der Waals surface area contributed by atoms with Crippen LogP contribution in [0.15, 0.2) is 18.2 Å². The second-order valence-corrected chi connectivity index (χ2v) is 4.37. The molecule has 0 spiro atoms. The van der Waals surface area contributed by atoms with Crippen molar-refractivity contribution in [2.75, 3.05) is 24.3 Å². The molecule has 0 saturated carbocycles. The predicted molar refractivity (Wildman–Crippen MR) is 67.1 cm³/mol. The van der Waals surface area contributed by atoms with Crippen LogP contribution in [0.25, 0.3) is 0 Å². The summed E-state index contributed by atoms with van der Waals surface area (Å²) in [5.41, 5.74) is 3.84. The second kappa shape index (κ2) is 5.53. The Hall–Kier alpha value is -0.770. The summed E-state index contributed by atoms with van der Waals surface area (Å²) in [7, 11) is 0. The largest absolute Gasteiger partial charge is 0.390 e. The first-order valence-electron chi connectivity index (χ1n) is 5.60. The molecule has 1 unspecified atom stereocenters. The summed E-state index contributed by atoms with van der Waals surface area (Å²) in [6.45, 7) is 2.46. The highest BCUT2D eigenvalue weighted by atomic mass is 35.5. The number of anilines is 1. The molecule has 1 aromatic rings. The van der Waals surface area contributed by atoms with Crippen molar-refractivity contribution in [3.05, 3.63) is 29.3 Å². The van der Waals surface area contributed by atoms with Crippen molar-refractivity contribution in [3.63, 3.8) is 0 Å². The molecule has 0 amide bonds. The number of hydrogen-bond acceptors (Lipinski definition) is 3. The van der Waals surface area contributed by atoms with Crippen LogP contribution < -0.4 is 10.6 Å². The number of aliphatic hydroxyl groups is 1. The molecule has 16 heavy (non-hydrogen) atoms. The highest BCUT2D eigenvalue weighted by Crippen LogP contribution is 2.22. The van der Waals surface area contributed by atoms with Gasteiger partial charge in [0.2, 0.25) is 0 Å². The van der Waals surface area contributed by atoms with E-state index < -0.39 is 6.10 Å². The summed E-state index contributed by atoms with van der Waals surface area (Å²) in [5, 5.41) is 16.0. The number of halogens is 1. The van der Waals surface area contributed by atoms with Crippen LogP contribution in [0.4, 0.5) is 5.69 Å². The lowest BCUT2D eigenvalue weighted by atomic mass is 9.99. The minimum atomic E-state index is -0.487. The van der Waals surface area contributed by atoms with Gasteiger partial charge in [-0.3, -0.25) is 0 Å². The maximum absolute atomic E-state index is 9.42. The van der Waals surface area contributed by atoms with E-state index in [1.54, 1.807) is 0 Å². The molecule has 88 valence electrons. The maximum Gasteiger partial charge on any atom is 0.0847 e. The molecule has 3 nitrogen and oxygen atoms in total. The Balaban J connectivity index is 2.08. The highest BCUT2D eigenvalue weighted by molar-refractivity contribution is 6.18. The van der Waals surface area contributed by atoms with Gasteiger partial charge < -0.3 is 15.7 Å². The second-order valence-electron chi connectivity index (χ2n) is 4.06. The molecule has 3 N–H and O–H groups in total. The summed E-state index contributed by atoms with van der Waals surface area (Å²) >= 11 is 5.56. The van der Waals surface area contributed by atoms with Gasteiger partial charge in [-0.15, -0.1) is 11.6 Å². The number of benzene rings is 1. The summed E-state index contributed by atoms with van der Waals surface area (Å²) in [5.74, 6) is 0.267. The van der Waals surface area contributed by atoms with E-state index in [0.29, 0.717) is 6.54 Å². The smallest absolute Gasteiger partial charge is 0.0847 e. The number of fused-ring (bicyclic) bond motifs is 1. The molecule has 1 aliphatic heterocycles. The Morgan fingerprint density at radius 2 is 2.38 bits per heavy atom. The lowest BCUT2D eigenvalue weighted by Crippen LogP contribution is -2.26. The van der Waals surface area contributed by atoms with E-state index in [4.69, 9.17) is 11.6 Å². The quantitative estimate of drug-likeness (QED) is 0.696. The van der Waals surface area contributed by atoms with Crippen LogP contribution in [0.1, 0.15) is 11.1 Å². The topological polar surface area (TPSA) is 44.3 Å². The molecule has 0 fully saturated rings. The van der Waals surface area contributed by atoms with E-state index in [0.717, 1.165) is 25.2 Å². The zero-order valence-electron chi connectivity index (χ0n) is 9.17. The van der Waals surface area contributed by atoms with E-state index in [-0.39, 0.29) is 5.88 Å². The molecule has 0 radical (unpaired) electrons. The molecule has 1 heterocycles. The fourth-order valence-electron chi connectivity index (χ4n) is 1.98. The normalized spacial score (nSPS) is 16.6. The monoisotopic (exact) mass is 240 g/mol.